The summed E-state index contributed by atoms with van der Waals surface area (Å²) in [5, 5.41) is 19.5. The number of ether oxygens (including phenoxy) is 2. The highest BCUT2D eigenvalue weighted by molar-refractivity contribution is 5.67. The van der Waals surface area contributed by atoms with Crippen molar-refractivity contribution in [3.63, 3.8) is 0 Å². The van der Waals surface area contributed by atoms with Crippen LogP contribution in [0, 0.1) is 5.92 Å². The van der Waals surface area contributed by atoms with Crippen molar-refractivity contribution in [2.45, 2.75) is 51.1 Å². The number of benzene rings is 3. The minimum Gasteiger partial charge on any atom is -0.392 e. The molecule has 2 saturated heterocycles. The van der Waals surface area contributed by atoms with Crippen molar-refractivity contribution < 1.29 is 19.7 Å². The number of nitrogens with zero attached hydrogens (tertiary/aromatic N) is 1. The van der Waals surface area contributed by atoms with E-state index >= 15 is 0 Å². The minimum absolute atomic E-state index is 0.0205. The van der Waals surface area contributed by atoms with E-state index in [1.165, 1.54) is 0 Å². The Balaban J connectivity index is 1.41. The van der Waals surface area contributed by atoms with Gasteiger partial charge in [0.15, 0.2) is 6.29 Å². The number of nitrogens with two attached hydrogens (primary N) is 1. The molecule has 2 heterocycles. The fourth-order valence-corrected chi connectivity index (χ4v) is 5.36. The van der Waals surface area contributed by atoms with E-state index in [1.807, 2.05) is 36.4 Å². The van der Waals surface area contributed by atoms with Gasteiger partial charge in [0.25, 0.3) is 0 Å². The molecule has 0 amide bonds. The van der Waals surface area contributed by atoms with Crippen LogP contribution in [0.5, 0.6) is 0 Å². The minimum atomic E-state index is -0.500. The topological polar surface area (TPSA) is 88.2 Å². The molecular weight excluding hydrogens is 452 g/mol. The first-order valence-corrected chi connectivity index (χ1v) is 12.8. The number of hydrogen-bond donors (Lipinski definition) is 3. The van der Waals surface area contributed by atoms with Crippen molar-refractivity contribution in [1.82, 2.24) is 4.90 Å². The third kappa shape index (κ3) is 5.39. The van der Waals surface area contributed by atoms with E-state index in [0.717, 1.165) is 52.9 Å². The summed E-state index contributed by atoms with van der Waals surface area (Å²) >= 11 is 0. The highest BCUT2D eigenvalue weighted by atomic mass is 16.7. The molecular formula is C30H36N2O4. The van der Waals surface area contributed by atoms with Gasteiger partial charge in [-0.3, -0.25) is 4.90 Å². The molecule has 6 heteroatoms. The van der Waals surface area contributed by atoms with Crippen LogP contribution in [-0.4, -0.2) is 47.0 Å². The quantitative estimate of drug-likeness (QED) is 0.463. The predicted octanol–water partition coefficient (Wildman–Crippen LogP) is 4.16. The summed E-state index contributed by atoms with van der Waals surface area (Å²) in [5.74, 6) is 0.120. The van der Waals surface area contributed by atoms with E-state index in [0.29, 0.717) is 13.1 Å². The molecule has 3 aromatic rings. The Labute approximate surface area is 213 Å². The van der Waals surface area contributed by atoms with Crippen molar-refractivity contribution in [3.8, 4) is 11.1 Å². The third-order valence-electron chi connectivity index (χ3n) is 7.54. The maximum atomic E-state index is 10.0. The highest BCUT2D eigenvalue weighted by Gasteiger charge is 2.39. The lowest BCUT2D eigenvalue weighted by molar-refractivity contribution is -0.276. The number of aliphatic hydroxyl groups excluding tert-OH is 2. The lowest BCUT2D eigenvalue weighted by atomic mass is 9.90. The molecule has 0 aromatic heterocycles. The van der Waals surface area contributed by atoms with Crippen LogP contribution in [0.4, 0.5) is 0 Å². The average molecular weight is 489 g/mol. The molecule has 0 spiro atoms. The first-order chi connectivity index (χ1) is 17.6. The van der Waals surface area contributed by atoms with Crippen LogP contribution in [-0.2, 0) is 22.6 Å². The second kappa shape index (κ2) is 11.2. The average Bonchev–Trinajstić information content (AvgIpc) is 3.34. The lowest BCUT2D eigenvalue weighted by Crippen LogP contribution is -2.44. The Kier molecular flexibility index (Phi) is 7.82. The fraction of sp³-hybridized carbons (Fsp3) is 0.400. The SMILES string of the molecule is CC1C(CN2CCC(O)C2)OC(c2ccc(-c3ccccc3CN)cc2)OC1c1ccc(CO)cc1. The highest BCUT2D eigenvalue weighted by Crippen LogP contribution is 2.42. The third-order valence-corrected chi connectivity index (χ3v) is 7.54. The van der Waals surface area contributed by atoms with E-state index in [4.69, 9.17) is 15.2 Å². The van der Waals surface area contributed by atoms with Gasteiger partial charge in [0.05, 0.1) is 24.9 Å². The van der Waals surface area contributed by atoms with E-state index in [9.17, 15) is 10.2 Å². The Morgan fingerprint density at radius 1 is 0.944 bits per heavy atom. The Morgan fingerprint density at radius 2 is 1.67 bits per heavy atom. The van der Waals surface area contributed by atoms with Crippen LogP contribution in [0.3, 0.4) is 0 Å². The van der Waals surface area contributed by atoms with Crippen molar-refractivity contribution >= 4 is 0 Å². The summed E-state index contributed by atoms with van der Waals surface area (Å²) in [6, 6.07) is 24.5. The van der Waals surface area contributed by atoms with E-state index in [2.05, 4.69) is 48.2 Å². The first-order valence-electron chi connectivity index (χ1n) is 12.8. The Hall–Kier alpha value is -2.58. The Bertz CT molecular complexity index is 1130. The number of β-amino-alcohol motifs (C(OH)–C–C–N with tert-alkyl or cyclic N) is 1. The van der Waals surface area contributed by atoms with Crippen LogP contribution in [0.25, 0.3) is 11.1 Å². The van der Waals surface area contributed by atoms with Gasteiger partial charge in [-0.05, 0) is 34.2 Å². The van der Waals surface area contributed by atoms with E-state index in [1.54, 1.807) is 0 Å². The summed E-state index contributed by atoms with van der Waals surface area (Å²) in [6.45, 7) is 5.00. The zero-order valence-corrected chi connectivity index (χ0v) is 20.8. The van der Waals surface area contributed by atoms with Crippen LogP contribution in [0.15, 0.2) is 72.8 Å². The zero-order chi connectivity index (χ0) is 25.1. The van der Waals surface area contributed by atoms with Crippen molar-refractivity contribution in [2.24, 2.45) is 11.7 Å². The molecule has 5 atom stereocenters. The second-order valence-corrected chi connectivity index (χ2v) is 10.0. The van der Waals surface area contributed by atoms with Gasteiger partial charge >= 0.3 is 0 Å². The molecule has 36 heavy (non-hydrogen) atoms. The molecule has 5 unspecified atom stereocenters. The molecule has 2 aliphatic rings. The maximum Gasteiger partial charge on any atom is 0.184 e. The van der Waals surface area contributed by atoms with Crippen LogP contribution in [0.2, 0.25) is 0 Å². The summed E-state index contributed by atoms with van der Waals surface area (Å²) in [5.41, 5.74) is 12.2. The second-order valence-electron chi connectivity index (χ2n) is 10.0. The number of rotatable bonds is 7. The molecule has 0 saturated carbocycles. The molecule has 2 fully saturated rings. The molecule has 2 aliphatic heterocycles. The van der Waals surface area contributed by atoms with Crippen LogP contribution < -0.4 is 5.73 Å². The standard InChI is InChI=1S/C30H36N2O4/c1-20-28(18-32-15-14-26(34)17-32)35-30(36-29(20)23-8-6-21(19-33)7-9-23)24-12-10-22(11-13-24)27-5-3-2-4-25(27)16-31/h2-13,20,26,28-30,33-34H,14-19,31H2,1H3. The molecule has 3 aromatic carbocycles. The smallest absolute Gasteiger partial charge is 0.184 e. The van der Waals surface area contributed by atoms with E-state index in [-0.39, 0.29) is 30.8 Å². The van der Waals surface area contributed by atoms with Crippen LogP contribution in [0.1, 0.15) is 48.0 Å². The molecule has 0 radical (unpaired) electrons. The molecule has 6 nitrogen and oxygen atoms in total. The van der Waals surface area contributed by atoms with Gasteiger partial charge in [-0.1, -0.05) is 79.7 Å². The summed E-state index contributed by atoms with van der Waals surface area (Å²) in [7, 11) is 0. The van der Waals surface area contributed by atoms with Gasteiger partial charge in [0.2, 0.25) is 0 Å². The lowest BCUT2D eigenvalue weighted by Gasteiger charge is -2.42. The largest absolute Gasteiger partial charge is 0.392 e. The molecule has 190 valence electrons. The molecule has 0 bridgehead atoms. The summed E-state index contributed by atoms with van der Waals surface area (Å²) in [4.78, 5) is 2.28. The van der Waals surface area contributed by atoms with Gasteiger partial charge in [0.1, 0.15) is 0 Å². The van der Waals surface area contributed by atoms with Gasteiger partial charge in [-0.15, -0.1) is 0 Å². The Morgan fingerprint density at radius 3 is 2.33 bits per heavy atom. The molecule has 0 aliphatic carbocycles. The van der Waals surface area contributed by atoms with E-state index < -0.39 is 6.29 Å². The van der Waals surface area contributed by atoms with Gasteiger partial charge in [-0.2, -0.15) is 0 Å². The zero-order valence-electron chi connectivity index (χ0n) is 20.8. The maximum absolute atomic E-state index is 10.0. The number of likely N-dealkylation sites (tertiary alicyclic amines) is 1. The van der Waals surface area contributed by atoms with Crippen LogP contribution >= 0.6 is 0 Å². The summed E-state index contributed by atoms with van der Waals surface area (Å²) < 4.78 is 13.1. The summed E-state index contributed by atoms with van der Waals surface area (Å²) in [6.07, 6.45) is -0.152. The molecule has 4 N–H and O–H groups in total. The van der Waals surface area contributed by atoms with Crippen molar-refractivity contribution in [2.75, 3.05) is 19.6 Å². The van der Waals surface area contributed by atoms with Gasteiger partial charge in [-0.25, -0.2) is 0 Å². The molecule has 5 rings (SSSR count). The monoisotopic (exact) mass is 488 g/mol. The van der Waals surface area contributed by atoms with Gasteiger partial charge in [0, 0.05) is 37.7 Å². The number of hydrogen-bond acceptors (Lipinski definition) is 6. The number of aliphatic hydroxyl groups is 2. The van der Waals surface area contributed by atoms with Gasteiger partial charge < -0.3 is 25.4 Å². The normalized spacial score (nSPS) is 26.8. The van der Waals surface area contributed by atoms with Crippen molar-refractivity contribution in [3.05, 3.63) is 95.1 Å². The van der Waals surface area contributed by atoms with Crippen molar-refractivity contribution in [1.29, 1.82) is 0 Å². The first kappa shape index (κ1) is 25.1. The fourth-order valence-electron chi connectivity index (χ4n) is 5.36. The predicted molar refractivity (Wildman–Crippen MR) is 140 cm³/mol.